The van der Waals surface area contributed by atoms with Crippen LogP contribution in [0.3, 0.4) is 0 Å². The standard InChI is InChI=1S/C10H8ClFO2/c1-14-10-7(11)4-6-5(9(10)12)2-3-8(6)13/h4H,2-3H2,1H3. The highest BCUT2D eigenvalue weighted by atomic mass is 35.5. The number of Topliss-reactive ketones (excluding diaryl/α,β-unsaturated/α-hetero) is 1. The lowest BCUT2D eigenvalue weighted by molar-refractivity contribution is 0.0994. The van der Waals surface area contributed by atoms with Crippen LogP contribution in [0.15, 0.2) is 6.07 Å². The zero-order chi connectivity index (χ0) is 10.3. The first-order valence-corrected chi connectivity index (χ1v) is 4.61. The lowest BCUT2D eigenvalue weighted by Gasteiger charge is -2.07. The Morgan fingerprint density at radius 3 is 2.86 bits per heavy atom. The molecule has 1 aromatic carbocycles. The van der Waals surface area contributed by atoms with Crippen LogP contribution in [0, 0.1) is 5.82 Å². The molecule has 0 unspecified atom stereocenters. The lowest BCUT2D eigenvalue weighted by atomic mass is 10.1. The third kappa shape index (κ3) is 1.20. The average molecular weight is 215 g/mol. The maximum Gasteiger partial charge on any atom is 0.173 e. The van der Waals surface area contributed by atoms with Crippen LogP contribution in [0.4, 0.5) is 4.39 Å². The molecule has 1 aromatic rings. The van der Waals surface area contributed by atoms with Crippen molar-refractivity contribution in [3.8, 4) is 5.75 Å². The van der Waals surface area contributed by atoms with Gasteiger partial charge in [-0.3, -0.25) is 4.79 Å². The smallest absolute Gasteiger partial charge is 0.173 e. The second-order valence-electron chi connectivity index (χ2n) is 3.15. The number of hydrogen-bond acceptors (Lipinski definition) is 2. The van der Waals surface area contributed by atoms with Gasteiger partial charge in [0.1, 0.15) is 0 Å². The average Bonchev–Trinajstić information content (AvgIpc) is 2.49. The van der Waals surface area contributed by atoms with E-state index in [1.165, 1.54) is 13.2 Å². The Labute approximate surface area is 85.6 Å². The summed E-state index contributed by atoms with van der Waals surface area (Å²) in [4.78, 5) is 11.3. The molecule has 0 amide bonds. The molecular weight excluding hydrogens is 207 g/mol. The zero-order valence-electron chi connectivity index (χ0n) is 7.56. The van der Waals surface area contributed by atoms with Gasteiger partial charge in [-0.25, -0.2) is 4.39 Å². The lowest BCUT2D eigenvalue weighted by Crippen LogP contribution is -1.97. The predicted octanol–water partition coefficient (Wildman–Crippen LogP) is 2.62. The van der Waals surface area contributed by atoms with Gasteiger partial charge in [0.2, 0.25) is 0 Å². The Bertz CT molecular complexity index is 415. The summed E-state index contributed by atoms with van der Waals surface area (Å²) in [5.41, 5.74) is 0.824. The quantitative estimate of drug-likeness (QED) is 0.718. The van der Waals surface area contributed by atoms with E-state index in [9.17, 15) is 9.18 Å². The van der Waals surface area contributed by atoms with Crippen molar-refractivity contribution in [2.24, 2.45) is 0 Å². The fraction of sp³-hybridized carbons (Fsp3) is 0.300. The highest BCUT2D eigenvalue weighted by Crippen LogP contribution is 2.36. The molecule has 74 valence electrons. The predicted molar refractivity (Wildman–Crippen MR) is 50.6 cm³/mol. The second-order valence-corrected chi connectivity index (χ2v) is 3.56. The summed E-state index contributed by atoms with van der Waals surface area (Å²) in [6.45, 7) is 0. The number of carbonyl (C=O) groups is 1. The largest absolute Gasteiger partial charge is 0.492 e. The number of rotatable bonds is 1. The third-order valence-electron chi connectivity index (χ3n) is 2.38. The summed E-state index contributed by atoms with van der Waals surface area (Å²) in [5.74, 6) is -0.524. The molecule has 0 radical (unpaired) electrons. The Morgan fingerprint density at radius 1 is 1.50 bits per heavy atom. The number of benzene rings is 1. The van der Waals surface area contributed by atoms with Crippen LogP contribution >= 0.6 is 11.6 Å². The molecule has 1 aliphatic rings. The van der Waals surface area contributed by atoms with E-state index in [1.54, 1.807) is 0 Å². The fourth-order valence-electron chi connectivity index (χ4n) is 1.69. The Kier molecular flexibility index (Phi) is 2.19. The third-order valence-corrected chi connectivity index (χ3v) is 2.66. The molecule has 0 aromatic heterocycles. The number of ketones is 1. The summed E-state index contributed by atoms with van der Waals surface area (Å²) >= 11 is 5.76. The minimum absolute atomic E-state index is 0.0279. The van der Waals surface area contributed by atoms with Gasteiger partial charge in [0.15, 0.2) is 17.3 Å². The molecule has 1 aliphatic carbocycles. The zero-order valence-corrected chi connectivity index (χ0v) is 8.32. The van der Waals surface area contributed by atoms with Crippen molar-refractivity contribution in [3.05, 3.63) is 28.0 Å². The highest BCUT2D eigenvalue weighted by molar-refractivity contribution is 6.32. The van der Waals surface area contributed by atoms with Crippen molar-refractivity contribution in [1.29, 1.82) is 0 Å². The van der Waals surface area contributed by atoms with E-state index < -0.39 is 5.82 Å². The van der Waals surface area contributed by atoms with Gasteiger partial charge in [0, 0.05) is 17.5 Å². The van der Waals surface area contributed by atoms with Gasteiger partial charge in [0.05, 0.1) is 12.1 Å². The molecule has 0 aliphatic heterocycles. The number of carbonyl (C=O) groups excluding carboxylic acids is 1. The van der Waals surface area contributed by atoms with E-state index in [1.807, 2.05) is 0 Å². The van der Waals surface area contributed by atoms with Crippen molar-refractivity contribution in [1.82, 2.24) is 0 Å². The first-order valence-electron chi connectivity index (χ1n) is 4.23. The Balaban J connectivity index is 2.68. The Morgan fingerprint density at radius 2 is 2.21 bits per heavy atom. The molecule has 0 N–H and O–H groups in total. The van der Waals surface area contributed by atoms with Gasteiger partial charge in [-0.1, -0.05) is 11.6 Å². The van der Waals surface area contributed by atoms with E-state index in [4.69, 9.17) is 16.3 Å². The molecule has 2 nitrogen and oxygen atoms in total. The summed E-state index contributed by atoms with van der Waals surface area (Å²) in [7, 11) is 1.35. The van der Waals surface area contributed by atoms with Crippen molar-refractivity contribution < 1.29 is 13.9 Å². The molecule has 0 fully saturated rings. The van der Waals surface area contributed by atoms with Gasteiger partial charge < -0.3 is 4.74 Å². The number of ether oxygens (including phenoxy) is 1. The second kappa shape index (κ2) is 3.24. The monoisotopic (exact) mass is 214 g/mol. The van der Waals surface area contributed by atoms with E-state index >= 15 is 0 Å². The van der Waals surface area contributed by atoms with Gasteiger partial charge in [-0.05, 0) is 12.5 Å². The first kappa shape index (κ1) is 9.46. The van der Waals surface area contributed by atoms with Crippen molar-refractivity contribution >= 4 is 17.4 Å². The molecule has 2 rings (SSSR count). The van der Waals surface area contributed by atoms with E-state index in [0.29, 0.717) is 24.0 Å². The topological polar surface area (TPSA) is 26.3 Å². The SMILES string of the molecule is COc1c(Cl)cc2c(c1F)CCC2=O. The summed E-state index contributed by atoms with van der Waals surface area (Å²) < 4.78 is 18.5. The van der Waals surface area contributed by atoms with Crippen molar-refractivity contribution in [2.75, 3.05) is 7.11 Å². The molecule has 0 saturated carbocycles. The first-order chi connectivity index (χ1) is 6.65. The fourth-order valence-corrected chi connectivity index (χ4v) is 1.96. The van der Waals surface area contributed by atoms with Crippen LogP contribution in [0.5, 0.6) is 5.75 Å². The molecule has 0 atom stereocenters. The van der Waals surface area contributed by atoms with E-state index in [2.05, 4.69) is 0 Å². The van der Waals surface area contributed by atoms with Crippen LogP contribution in [0.2, 0.25) is 5.02 Å². The number of halogens is 2. The molecule has 0 heterocycles. The summed E-state index contributed by atoms with van der Waals surface area (Å²) in [5, 5.41) is 0.152. The molecule has 14 heavy (non-hydrogen) atoms. The van der Waals surface area contributed by atoms with Crippen molar-refractivity contribution in [2.45, 2.75) is 12.8 Å². The highest BCUT2D eigenvalue weighted by Gasteiger charge is 2.26. The van der Waals surface area contributed by atoms with Gasteiger partial charge in [-0.15, -0.1) is 0 Å². The van der Waals surface area contributed by atoms with Crippen LogP contribution in [-0.4, -0.2) is 12.9 Å². The van der Waals surface area contributed by atoms with Gasteiger partial charge in [0.25, 0.3) is 0 Å². The van der Waals surface area contributed by atoms with Gasteiger partial charge >= 0.3 is 0 Å². The number of hydrogen-bond donors (Lipinski definition) is 0. The molecule has 4 heteroatoms. The molecular formula is C10H8ClFO2. The summed E-state index contributed by atoms with van der Waals surface area (Å²) in [6.07, 6.45) is 0.795. The maximum absolute atomic E-state index is 13.6. The number of methoxy groups -OCH3 is 1. The molecule has 0 bridgehead atoms. The van der Waals surface area contributed by atoms with Gasteiger partial charge in [-0.2, -0.15) is 0 Å². The molecule has 0 spiro atoms. The molecule has 0 saturated heterocycles. The minimum atomic E-state index is -0.499. The van der Waals surface area contributed by atoms with E-state index in [0.717, 1.165) is 0 Å². The maximum atomic E-state index is 13.6. The minimum Gasteiger partial charge on any atom is -0.492 e. The Hall–Kier alpha value is -1.09. The van der Waals surface area contributed by atoms with Crippen LogP contribution in [0.1, 0.15) is 22.3 Å². The van der Waals surface area contributed by atoms with E-state index in [-0.39, 0.29) is 16.6 Å². The van der Waals surface area contributed by atoms with Crippen molar-refractivity contribution in [3.63, 3.8) is 0 Å². The van der Waals surface area contributed by atoms with Crippen LogP contribution in [0.25, 0.3) is 0 Å². The normalized spacial score (nSPS) is 14.4. The van der Waals surface area contributed by atoms with Crippen LogP contribution < -0.4 is 4.74 Å². The van der Waals surface area contributed by atoms with Crippen LogP contribution in [-0.2, 0) is 6.42 Å². The summed E-state index contributed by atoms with van der Waals surface area (Å²) in [6, 6.07) is 1.48. The number of fused-ring (bicyclic) bond motifs is 1.